The fourth-order valence-electron chi connectivity index (χ4n) is 7.33. The molecule has 0 N–H and O–H groups in total. The molecule has 6 rings (SSSR count). The normalized spacial score (nSPS) is 21.4. The second-order valence-electron chi connectivity index (χ2n) is 11.2. The van der Waals surface area contributed by atoms with Crippen LogP contribution in [0.5, 0.6) is 23.0 Å². The molecule has 2 nitrogen and oxygen atoms in total. The van der Waals surface area contributed by atoms with Crippen molar-refractivity contribution in [3.63, 3.8) is 0 Å². The summed E-state index contributed by atoms with van der Waals surface area (Å²) in [5, 5.41) is 0.292. The number of para-hydroxylation sites is 2. The molecule has 0 amide bonds. The van der Waals surface area contributed by atoms with Gasteiger partial charge in [0.1, 0.15) is 23.0 Å². The number of hydrogen-bond acceptors (Lipinski definition) is 2. The van der Waals surface area contributed by atoms with Crippen LogP contribution in [0.4, 0.5) is 0 Å². The molecular weight excluding hydrogens is 452 g/mol. The SMILES string of the molecule is B1BBC2(c3ccc(Oc4ccccc4)cc3)BBBBBC2(c2ccc(Oc3ccccc3)cc2)BB1. The van der Waals surface area contributed by atoms with Crippen molar-refractivity contribution in [2.24, 2.45) is 0 Å². The van der Waals surface area contributed by atoms with Gasteiger partial charge < -0.3 is 9.47 Å². The Balaban J connectivity index is 1.36. The number of benzene rings is 4. The topological polar surface area (TPSA) is 18.5 Å². The summed E-state index contributed by atoms with van der Waals surface area (Å²) >= 11 is 0. The molecule has 0 bridgehead atoms. The summed E-state index contributed by atoms with van der Waals surface area (Å²) in [4.78, 5) is 0. The molecule has 0 radical (unpaired) electrons. The first-order chi connectivity index (χ1) is 18.8. The third kappa shape index (κ3) is 5.07. The third-order valence-corrected chi connectivity index (χ3v) is 9.10. The van der Waals surface area contributed by atoms with Crippen LogP contribution in [0.3, 0.4) is 0 Å². The van der Waals surface area contributed by atoms with Crippen LogP contribution in [0, 0.1) is 0 Å². The van der Waals surface area contributed by atoms with Crippen LogP contribution in [0.1, 0.15) is 11.1 Å². The Morgan fingerprint density at radius 3 is 1.00 bits per heavy atom. The smallest absolute Gasteiger partial charge is 0.127 e. The van der Waals surface area contributed by atoms with Crippen molar-refractivity contribution in [3.05, 3.63) is 120 Å². The molecule has 4 aromatic rings. The Morgan fingerprint density at radius 2 is 0.658 bits per heavy atom. The molecular formula is C26H28B10O2. The first kappa shape index (κ1) is 25.4. The summed E-state index contributed by atoms with van der Waals surface area (Å²) < 4.78 is 12.3. The molecule has 2 saturated heterocycles. The summed E-state index contributed by atoms with van der Waals surface area (Å²) in [7, 11) is 12.9. The van der Waals surface area contributed by atoms with Gasteiger partial charge in [-0.15, -0.1) is 0 Å². The molecule has 38 heavy (non-hydrogen) atoms. The van der Waals surface area contributed by atoms with E-state index in [1.54, 1.807) is 0 Å². The van der Waals surface area contributed by atoms with E-state index in [4.69, 9.17) is 9.47 Å². The van der Waals surface area contributed by atoms with Crippen molar-refractivity contribution in [1.82, 2.24) is 0 Å². The third-order valence-electron chi connectivity index (χ3n) is 9.10. The standard InChI is InChI=1S/C26H28B10O2/c1-3-7-21(8-4-1)37-23-15-11-19(12-16-23)25-26(29-33-35-31-27-25,30-34-36-32-28-25)20-13-17-24(18-14-20)38-22-9-5-2-6-10-22/h1-18,27-36H. The molecule has 12 heteroatoms. The molecule has 2 heterocycles. The van der Waals surface area contributed by atoms with E-state index in [1.807, 2.05) is 60.7 Å². The van der Waals surface area contributed by atoms with E-state index in [0.29, 0.717) is 0 Å². The Labute approximate surface area is 233 Å². The highest BCUT2D eigenvalue weighted by Gasteiger charge is 2.53. The van der Waals surface area contributed by atoms with Crippen LogP contribution in [-0.2, 0) is 10.4 Å². The van der Waals surface area contributed by atoms with Crippen molar-refractivity contribution in [3.8, 4) is 23.0 Å². The first-order valence-electron chi connectivity index (χ1n) is 14.4. The van der Waals surface area contributed by atoms with Gasteiger partial charge in [-0.25, -0.2) is 0 Å². The Hall–Kier alpha value is -2.87. The van der Waals surface area contributed by atoms with Crippen molar-refractivity contribution < 1.29 is 9.47 Å². The van der Waals surface area contributed by atoms with Gasteiger partial charge in [0.25, 0.3) is 0 Å². The zero-order valence-electron chi connectivity index (χ0n) is 22.3. The van der Waals surface area contributed by atoms with Gasteiger partial charge in [-0.2, -0.15) is 0 Å². The van der Waals surface area contributed by atoms with E-state index in [9.17, 15) is 0 Å². The number of fused-ring (bicyclic) bond motifs is 1. The lowest BCUT2D eigenvalue weighted by molar-refractivity contribution is 0.481. The van der Waals surface area contributed by atoms with Gasteiger partial charge in [0.2, 0.25) is 0 Å². The molecule has 2 aliphatic rings. The van der Waals surface area contributed by atoms with Crippen LogP contribution < -0.4 is 9.47 Å². The summed E-state index contributed by atoms with van der Waals surface area (Å²) in [6.07, 6.45) is 0. The minimum atomic E-state index is 0.146. The van der Waals surface area contributed by atoms with Gasteiger partial charge in [0.05, 0.1) is 28.7 Å². The van der Waals surface area contributed by atoms with Crippen molar-refractivity contribution in [2.75, 3.05) is 0 Å². The highest BCUT2D eigenvalue weighted by molar-refractivity contribution is 7.61. The quantitative estimate of drug-likeness (QED) is 0.362. The van der Waals surface area contributed by atoms with E-state index in [1.165, 1.54) is 82.2 Å². The molecule has 0 spiro atoms. The summed E-state index contributed by atoms with van der Waals surface area (Å²) in [6.45, 7) is 0. The molecule has 0 aromatic heterocycles. The van der Waals surface area contributed by atoms with E-state index < -0.39 is 0 Å². The zero-order valence-corrected chi connectivity index (χ0v) is 22.3. The van der Waals surface area contributed by atoms with E-state index in [-0.39, 0.29) is 10.4 Å². The predicted molar refractivity (Wildman–Crippen MR) is 181 cm³/mol. The molecule has 0 unspecified atom stereocenters. The minimum Gasteiger partial charge on any atom is -0.457 e. The average Bonchev–Trinajstić information content (AvgIpc) is 3.27. The van der Waals surface area contributed by atoms with Gasteiger partial charge in [-0.05, 0) is 48.5 Å². The highest BCUT2D eigenvalue weighted by Crippen LogP contribution is 2.44. The molecule has 174 valence electrons. The maximum absolute atomic E-state index is 6.16. The lowest BCUT2D eigenvalue weighted by atomic mass is 8.96. The average molecular weight is 481 g/mol. The van der Waals surface area contributed by atoms with E-state index >= 15 is 0 Å². The molecule has 2 aliphatic heterocycles. The highest BCUT2D eigenvalue weighted by atomic mass is 16.5. The molecule has 0 aliphatic carbocycles. The maximum atomic E-state index is 6.16. The van der Waals surface area contributed by atoms with Crippen LogP contribution in [0.25, 0.3) is 0 Å². The summed E-state index contributed by atoms with van der Waals surface area (Å²) in [6, 6.07) is 38.4. The first-order valence-corrected chi connectivity index (χ1v) is 14.4. The Kier molecular flexibility index (Phi) is 7.67. The molecule has 0 atom stereocenters. The number of hydrogen-bond donors (Lipinski definition) is 0. The second-order valence-corrected chi connectivity index (χ2v) is 11.2. The van der Waals surface area contributed by atoms with Gasteiger partial charge in [-0.1, -0.05) is 82.2 Å². The van der Waals surface area contributed by atoms with Crippen molar-refractivity contribution in [2.45, 2.75) is 10.4 Å². The monoisotopic (exact) mass is 482 g/mol. The number of rotatable bonds is 6. The molecule has 0 saturated carbocycles. The van der Waals surface area contributed by atoms with Crippen LogP contribution in [0.15, 0.2) is 109 Å². The van der Waals surface area contributed by atoms with Crippen LogP contribution in [-0.4, -0.2) is 71.0 Å². The van der Waals surface area contributed by atoms with Gasteiger partial charge >= 0.3 is 0 Å². The largest absolute Gasteiger partial charge is 0.457 e. The summed E-state index contributed by atoms with van der Waals surface area (Å²) in [5.41, 5.74) is 2.98. The Bertz CT molecular complexity index is 1210. The minimum absolute atomic E-state index is 0.146. The van der Waals surface area contributed by atoms with Gasteiger partial charge in [-0.3, -0.25) is 0 Å². The summed E-state index contributed by atoms with van der Waals surface area (Å²) in [5.74, 6) is 3.59. The van der Waals surface area contributed by atoms with Gasteiger partial charge in [0, 0.05) is 42.4 Å². The second kappa shape index (κ2) is 11.5. The molecule has 4 aromatic carbocycles. The molecule has 2 fully saturated rings. The fourth-order valence-corrected chi connectivity index (χ4v) is 7.33. The van der Waals surface area contributed by atoms with Crippen LogP contribution in [0.2, 0.25) is 0 Å². The lowest BCUT2D eigenvalue weighted by Crippen LogP contribution is -2.64. The van der Waals surface area contributed by atoms with Crippen molar-refractivity contribution in [1.29, 1.82) is 0 Å². The zero-order chi connectivity index (χ0) is 25.7. The van der Waals surface area contributed by atoms with E-state index in [0.717, 1.165) is 23.0 Å². The van der Waals surface area contributed by atoms with Crippen LogP contribution >= 0.6 is 0 Å². The lowest BCUT2D eigenvalue weighted by Gasteiger charge is -2.52. The number of ether oxygens (including phenoxy) is 2. The van der Waals surface area contributed by atoms with Gasteiger partial charge in [0.15, 0.2) is 0 Å². The van der Waals surface area contributed by atoms with Crippen molar-refractivity contribution >= 4 is 71.0 Å². The predicted octanol–water partition coefficient (Wildman–Crippen LogP) is -0.0108. The Morgan fingerprint density at radius 1 is 0.342 bits per heavy atom. The van der Waals surface area contributed by atoms with E-state index in [2.05, 4.69) is 48.5 Å². The maximum Gasteiger partial charge on any atom is 0.127 e. The fraction of sp³-hybridized carbons (Fsp3) is 0.0769.